The molecule has 0 aromatic heterocycles. The van der Waals surface area contributed by atoms with E-state index in [1.807, 2.05) is 13.8 Å². The van der Waals surface area contributed by atoms with Crippen LogP contribution in [0.2, 0.25) is 0 Å². The largest absolute Gasteiger partial charge is 0.372 e. The second-order valence-electron chi connectivity index (χ2n) is 2.27. The molecule has 0 aromatic rings. The van der Waals surface area contributed by atoms with Crippen molar-refractivity contribution in [3.05, 3.63) is 0 Å². The summed E-state index contributed by atoms with van der Waals surface area (Å²) in [6.07, 6.45) is 2.44. The molecule has 2 bridgehead atoms. The van der Waals surface area contributed by atoms with Crippen molar-refractivity contribution in [3.8, 4) is 0 Å². The lowest BCUT2D eigenvalue weighted by molar-refractivity contribution is -0.143. The molecule has 54 valence electrons. The second kappa shape index (κ2) is 3.18. The molecule has 2 atom stereocenters. The van der Waals surface area contributed by atoms with Gasteiger partial charge in [0.2, 0.25) is 0 Å². The zero-order valence-electron chi connectivity index (χ0n) is 6.18. The zero-order chi connectivity index (χ0) is 6.69. The first-order chi connectivity index (χ1) is 4.45. The Bertz CT molecular complexity index is 65.5. The normalized spacial score (nSPS) is 38.0. The van der Waals surface area contributed by atoms with Gasteiger partial charge in [-0.15, -0.1) is 0 Å². The highest BCUT2D eigenvalue weighted by Gasteiger charge is 2.33. The van der Waals surface area contributed by atoms with Gasteiger partial charge >= 0.3 is 0 Å². The van der Waals surface area contributed by atoms with Gasteiger partial charge in [0.1, 0.15) is 0 Å². The molecule has 2 heteroatoms. The van der Waals surface area contributed by atoms with Crippen LogP contribution in [0.1, 0.15) is 20.3 Å². The van der Waals surface area contributed by atoms with Crippen molar-refractivity contribution in [1.29, 1.82) is 0 Å². The van der Waals surface area contributed by atoms with E-state index in [1.54, 1.807) is 0 Å². The van der Waals surface area contributed by atoms with E-state index in [9.17, 15) is 0 Å². The second-order valence-corrected chi connectivity index (χ2v) is 2.27. The van der Waals surface area contributed by atoms with Gasteiger partial charge in [-0.2, -0.15) is 0 Å². The maximum Gasteiger partial charge on any atom is 0.0729 e. The van der Waals surface area contributed by atoms with E-state index in [4.69, 9.17) is 4.74 Å². The minimum absolute atomic E-state index is 0.568. The van der Waals surface area contributed by atoms with Crippen LogP contribution in [0, 0.1) is 0 Å². The van der Waals surface area contributed by atoms with E-state index in [1.165, 1.54) is 6.42 Å². The Hall–Kier alpha value is -0.0800. The van der Waals surface area contributed by atoms with Crippen molar-refractivity contribution in [2.75, 3.05) is 13.1 Å². The third kappa shape index (κ3) is 1.43. The number of nitrogens with one attached hydrogen (secondary N) is 1. The monoisotopic (exact) mass is 129 g/mol. The van der Waals surface area contributed by atoms with Crippen LogP contribution in [0.3, 0.4) is 0 Å². The first kappa shape index (κ1) is 7.03. The van der Waals surface area contributed by atoms with E-state index in [-0.39, 0.29) is 0 Å². The Kier molecular flexibility index (Phi) is 2.49. The molecule has 1 N–H and O–H groups in total. The Morgan fingerprint density at radius 1 is 1.22 bits per heavy atom. The molecule has 3 aliphatic rings. The average Bonchev–Trinajstić information content (AvgIpc) is 1.93. The van der Waals surface area contributed by atoms with Crippen molar-refractivity contribution in [2.45, 2.75) is 32.5 Å². The third-order valence-corrected chi connectivity index (χ3v) is 1.65. The molecule has 0 aliphatic carbocycles. The van der Waals surface area contributed by atoms with Gasteiger partial charge in [0.05, 0.1) is 12.2 Å². The molecule has 0 aromatic carbocycles. The third-order valence-electron chi connectivity index (χ3n) is 1.65. The summed E-state index contributed by atoms with van der Waals surface area (Å²) < 4.78 is 5.31. The van der Waals surface area contributed by atoms with Crippen molar-refractivity contribution < 1.29 is 4.74 Å². The number of hydrogen-bond acceptors (Lipinski definition) is 2. The minimum atomic E-state index is 0.568. The highest BCUT2D eigenvalue weighted by Crippen LogP contribution is 2.22. The van der Waals surface area contributed by atoms with Crippen molar-refractivity contribution >= 4 is 0 Å². The van der Waals surface area contributed by atoms with Gasteiger partial charge in [0.15, 0.2) is 0 Å². The summed E-state index contributed by atoms with van der Waals surface area (Å²) in [4.78, 5) is 0. The molecule has 2 unspecified atom stereocenters. The molecular formula is C7H15NO. The number of piperidine rings is 1. The summed E-state index contributed by atoms with van der Waals surface area (Å²) in [5, 5.41) is 3.26. The van der Waals surface area contributed by atoms with Gasteiger partial charge in [-0.1, -0.05) is 13.8 Å². The van der Waals surface area contributed by atoms with Gasteiger partial charge in [0, 0.05) is 19.5 Å². The predicted octanol–water partition coefficient (Wildman–Crippen LogP) is 0.773. The zero-order valence-corrected chi connectivity index (χ0v) is 6.18. The molecule has 3 fully saturated rings. The summed E-state index contributed by atoms with van der Waals surface area (Å²) in [5.41, 5.74) is 0. The quantitative estimate of drug-likeness (QED) is 0.521. The number of rotatable bonds is 0. The fourth-order valence-corrected chi connectivity index (χ4v) is 1.22. The molecule has 3 heterocycles. The Morgan fingerprint density at radius 3 is 1.78 bits per heavy atom. The van der Waals surface area contributed by atoms with Gasteiger partial charge < -0.3 is 10.1 Å². The maximum atomic E-state index is 5.31. The summed E-state index contributed by atoms with van der Waals surface area (Å²) in [6, 6.07) is 0. The van der Waals surface area contributed by atoms with Crippen LogP contribution in [-0.2, 0) is 4.74 Å². The summed E-state index contributed by atoms with van der Waals surface area (Å²) >= 11 is 0. The first-order valence-electron chi connectivity index (χ1n) is 3.81. The van der Waals surface area contributed by atoms with E-state index in [0.717, 1.165) is 13.1 Å². The van der Waals surface area contributed by atoms with Gasteiger partial charge in [-0.3, -0.25) is 0 Å². The molecule has 0 amide bonds. The van der Waals surface area contributed by atoms with E-state index in [2.05, 4.69) is 5.32 Å². The van der Waals surface area contributed by atoms with Crippen LogP contribution in [0.4, 0.5) is 0 Å². The van der Waals surface area contributed by atoms with E-state index < -0.39 is 0 Å². The van der Waals surface area contributed by atoms with E-state index in [0.29, 0.717) is 12.2 Å². The lowest BCUT2D eigenvalue weighted by atomic mass is 10.0. The highest BCUT2D eigenvalue weighted by atomic mass is 16.5. The fourth-order valence-electron chi connectivity index (χ4n) is 1.22. The molecule has 0 spiro atoms. The van der Waals surface area contributed by atoms with Crippen molar-refractivity contribution in [1.82, 2.24) is 5.32 Å². The Labute approximate surface area is 56.6 Å². The maximum absolute atomic E-state index is 5.31. The molecule has 3 rings (SSSR count). The van der Waals surface area contributed by atoms with Crippen LogP contribution in [0.15, 0.2) is 0 Å². The molecule has 3 aliphatic heterocycles. The summed E-state index contributed by atoms with van der Waals surface area (Å²) in [5.74, 6) is 0. The molecule has 0 radical (unpaired) electrons. The summed E-state index contributed by atoms with van der Waals surface area (Å²) in [7, 11) is 0. The lowest BCUT2D eigenvalue weighted by Crippen LogP contribution is -2.55. The molecule has 2 nitrogen and oxygen atoms in total. The lowest BCUT2D eigenvalue weighted by Gasteiger charge is -2.41. The first-order valence-corrected chi connectivity index (χ1v) is 3.81. The van der Waals surface area contributed by atoms with Crippen molar-refractivity contribution in [3.63, 3.8) is 0 Å². The van der Waals surface area contributed by atoms with Gasteiger partial charge in [0.25, 0.3) is 0 Å². The summed E-state index contributed by atoms with van der Waals surface area (Å²) in [6.45, 7) is 6.16. The number of hydrogen-bond donors (Lipinski definition) is 1. The average molecular weight is 129 g/mol. The van der Waals surface area contributed by atoms with Crippen LogP contribution < -0.4 is 5.32 Å². The fraction of sp³-hybridized carbons (Fsp3) is 1.00. The highest BCUT2D eigenvalue weighted by molar-refractivity contribution is 4.86. The number of ether oxygens (including phenoxy) is 1. The molecular weight excluding hydrogens is 114 g/mol. The van der Waals surface area contributed by atoms with Gasteiger partial charge in [-0.05, 0) is 0 Å². The molecule has 0 saturated carbocycles. The van der Waals surface area contributed by atoms with Crippen LogP contribution in [0.5, 0.6) is 0 Å². The standard InChI is InChI=1S/C5H9NO.C2H6/c1-4-2-6-3-5(1)7-4;1-2/h4-6H,1-3H2;1-2H3. The molecule has 9 heavy (non-hydrogen) atoms. The SMILES string of the molecule is C1NCC2CC1O2.CC. The van der Waals surface area contributed by atoms with Crippen molar-refractivity contribution in [2.24, 2.45) is 0 Å². The molecule has 3 saturated heterocycles. The topological polar surface area (TPSA) is 21.3 Å². The number of morpholine rings is 1. The smallest absolute Gasteiger partial charge is 0.0729 e. The van der Waals surface area contributed by atoms with E-state index >= 15 is 0 Å². The van der Waals surface area contributed by atoms with Gasteiger partial charge in [-0.25, -0.2) is 0 Å². The minimum Gasteiger partial charge on any atom is -0.372 e. The Morgan fingerprint density at radius 2 is 1.67 bits per heavy atom. The van der Waals surface area contributed by atoms with Crippen LogP contribution in [0.25, 0.3) is 0 Å². The number of fused-ring (bicyclic) bond motifs is 2. The Balaban J connectivity index is 0.000000186. The van der Waals surface area contributed by atoms with Crippen LogP contribution in [-0.4, -0.2) is 25.3 Å². The predicted molar refractivity (Wildman–Crippen MR) is 37.5 cm³/mol. The van der Waals surface area contributed by atoms with Crippen LogP contribution >= 0.6 is 0 Å².